The van der Waals surface area contributed by atoms with Crippen LogP contribution in [0.1, 0.15) is 81.9 Å². The van der Waals surface area contributed by atoms with Crippen molar-refractivity contribution in [3.05, 3.63) is 47.5 Å². The molecule has 1 aromatic rings. The quantitative estimate of drug-likeness (QED) is 0.293. The summed E-state index contributed by atoms with van der Waals surface area (Å²) in [6.07, 6.45) is -0.958. The normalized spacial score (nSPS) is 29.2. The fourth-order valence-electron chi connectivity index (χ4n) is 7.51. The van der Waals surface area contributed by atoms with Crippen molar-refractivity contribution in [3.63, 3.8) is 0 Å². The van der Waals surface area contributed by atoms with Crippen molar-refractivity contribution in [2.75, 3.05) is 6.54 Å². The molecule has 5 atom stereocenters. The number of fused-ring (bicyclic) bond motifs is 3. The first-order valence-corrected chi connectivity index (χ1v) is 19.3. The van der Waals surface area contributed by atoms with E-state index in [1.54, 1.807) is 13.8 Å². The van der Waals surface area contributed by atoms with Crippen LogP contribution in [-0.4, -0.2) is 95.5 Å². The number of nitrogens with one attached hydrogen (secondary N) is 4. The Labute approximate surface area is 301 Å². The molecule has 3 aliphatic heterocycles. The van der Waals surface area contributed by atoms with Crippen molar-refractivity contribution in [1.82, 2.24) is 30.5 Å². The van der Waals surface area contributed by atoms with Gasteiger partial charge in [-0.2, -0.15) is 0 Å². The number of ether oxygens (including phenoxy) is 1. The Morgan fingerprint density at radius 2 is 1.87 bits per heavy atom. The number of alkyl halides is 2. The fraction of sp³-hybridized carbons (Fsp3) is 0.629. The van der Waals surface area contributed by atoms with Crippen molar-refractivity contribution < 1.29 is 45.9 Å². The van der Waals surface area contributed by atoms with Gasteiger partial charge in [-0.3, -0.25) is 24.0 Å². The van der Waals surface area contributed by atoms with Crippen molar-refractivity contribution in [3.8, 4) is 0 Å². The number of rotatable bonds is 8. The van der Waals surface area contributed by atoms with Crippen LogP contribution in [0.2, 0.25) is 0 Å². The predicted octanol–water partition coefficient (Wildman–Crippen LogP) is 2.61. The molecule has 2 aliphatic carbocycles. The molecule has 2 saturated carbocycles. The third kappa shape index (κ3) is 8.03. The smallest absolute Gasteiger partial charge is 0.410 e. The number of hydrogen-bond donors (Lipinski definition) is 4. The van der Waals surface area contributed by atoms with Crippen LogP contribution in [-0.2, 0) is 48.7 Å². The molecule has 6 rings (SSSR count). The minimum atomic E-state index is -3.97. The number of hydrogen-bond acceptors (Lipinski definition) is 8. The Bertz CT molecular complexity index is 1750. The van der Waals surface area contributed by atoms with Crippen LogP contribution in [0, 0.1) is 5.92 Å². The second-order valence-electron chi connectivity index (χ2n) is 15.2. The highest BCUT2D eigenvalue weighted by atomic mass is 32.2. The third-order valence-corrected chi connectivity index (χ3v) is 12.5. The van der Waals surface area contributed by atoms with E-state index in [2.05, 4.69) is 27.3 Å². The Balaban J connectivity index is 1.28. The molecule has 4 N–H and O–H groups in total. The highest BCUT2D eigenvalue weighted by molar-refractivity contribution is 7.91. The summed E-state index contributed by atoms with van der Waals surface area (Å²) in [4.78, 5) is 70.6. The third-order valence-electron chi connectivity index (χ3n) is 10.7. The summed E-state index contributed by atoms with van der Waals surface area (Å²) in [5.74, 6) is -3.46. The Hall–Kier alpha value is -4.28. The number of carbonyl (C=O) groups excluding carboxylic acids is 5. The molecule has 3 fully saturated rings. The zero-order chi connectivity index (χ0) is 37.6. The number of nitrogens with zero attached hydrogens (tertiary/aromatic N) is 2. The fourth-order valence-corrected chi connectivity index (χ4v) is 8.88. The summed E-state index contributed by atoms with van der Waals surface area (Å²) in [5, 5.41) is 7.06. The average Bonchev–Trinajstić information content (AvgIpc) is 3.95. The number of benzene rings is 1. The van der Waals surface area contributed by atoms with Gasteiger partial charge in [0.15, 0.2) is 0 Å². The predicted molar refractivity (Wildman–Crippen MR) is 183 cm³/mol. The molecule has 52 heavy (non-hydrogen) atoms. The maximum atomic E-state index is 14.1. The highest BCUT2D eigenvalue weighted by Gasteiger charge is 2.62. The molecule has 0 unspecified atom stereocenters. The van der Waals surface area contributed by atoms with Crippen LogP contribution >= 0.6 is 0 Å². The van der Waals surface area contributed by atoms with E-state index >= 15 is 0 Å². The summed E-state index contributed by atoms with van der Waals surface area (Å²) in [6.45, 7) is 7.52. The minimum absolute atomic E-state index is 0.0381. The van der Waals surface area contributed by atoms with E-state index in [0.717, 1.165) is 40.9 Å². The molecular formula is C35H46F2N6O8S. The van der Waals surface area contributed by atoms with Crippen molar-refractivity contribution >= 4 is 39.9 Å². The summed E-state index contributed by atoms with van der Waals surface area (Å²) in [6, 6.07) is 1.88. The number of carbonyl (C=O) groups is 5. The van der Waals surface area contributed by atoms with Gasteiger partial charge in [-0.15, -0.1) is 6.58 Å². The van der Waals surface area contributed by atoms with Gasteiger partial charge >= 0.3 is 12.1 Å². The molecule has 0 spiro atoms. The number of urea groups is 1. The summed E-state index contributed by atoms with van der Waals surface area (Å²) in [5.41, 5.74) is 0.666. The zero-order valence-electron chi connectivity index (χ0n) is 29.3. The molecule has 1 saturated heterocycles. The molecular weight excluding hydrogens is 702 g/mol. The van der Waals surface area contributed by atoms with E-state index in [9.17, 15) is 41.2 Å². The molecule has 1 aromatic carbocycles. The first-order valence-electron chi connectivity index (χ1n) is 17.7. The number of aryl methyl sites for hydroxylation is 1. The van der Waals surface area contributed by atoms with Crippen LogP contribution in [0.4, 0.5) is 18.4 Å². The molecule has 4 bridgehead atoms. The lowest BCUT2D eigenvalue weighted by Gasteiger charge is -2.31. The average molecular weight is 749 g/mol. The SMILES string of the molecule is C=C[C@@H]1C[C@@]1(NC(=O)[C@@H]1C[C@@H]2CN1C(=O)[C@H](CC(F)F)NC(=O)NC(C)(C)CCCCc1cccc3c1CN(C3)C(=O)O2)C(=O)NS(=O)(=O)C1CC1. The van der Waals surface area contributed by atoms with Crippen molar-refractivity contribution in [1.29, 1.82) is 0 Å². The summed E-state index contributed by atoms with van der Waals surface area (Å²) >= 11 is 0. The van der Waals surface area contributed by atoms with Gasteiger partial charge in [0.1, 0.15) is 23.7 Å². The van der Waals surface area contributed by atoms with E-state index in [1.165, 1.54) is 11.0 Å². The lowest BCUT2D eigenvalue weighted by atomic mass is 9.94. The minimum Gasteiger partial charge on any atom is -0.444 e. The molecule has 0 aromatic heterocycles. The van der Waals surface area contributed by atoms with E-state index in [0.29, 0.717) is 32.4 Å². The molecule has 5 aliphatic rings. The number of halogens is 2. The van der Waals surface area contributed by atoms with Crippen LogP contribution in [0.15, 0.2) is 30.9 Å². The molecule has 3 heterocycles. The van der Waals surface area contributed by atoms with Crippen LogP contribution < -0.4 is 20.7 Å². The summed E-state index contributed by atoms with van der Waals surface area (Å²) < 4.78 is 60.9. The van der Waals surface area contributed by atoms with Crippen molar-refractivity contribution in [2.24, 2.45) is 5.92 Å². The van der Waals surface area contributed by atoms with Gasteiger partial charge in [-0.25, -0.2) is 26.8 Å². The molecule has 17 heteroatoms. The Morgan fingerprint density at radius 1 is 1.13 bits per heavy atom. The summed E-state index contributed by atoms with van der Waals surface area (Å²) in [7, 11) is -3.97. The van der Waals surface area contributed by atoms with Crippen LogP contribution in [0.5, 0.6) is 0 Å². The van der Waals surface area contributed by atoms with Gasteiger partial charge in [0.05, 0.1) is 11.8 Å². The second-order valence-corrected chi connectivity index (χ2v) is 17.2. The topological polar surface area (TPSA) is 183 Å². The van der Waals surface area contributed by atoms with Gasteiger partial charge in [0.2, 0.25) is 28.3 Å². The standard InChI is InChI=1S/C35H46F2N6O8S/c1-4-22-16-35(22,31(46)41-52(49,50)24-11-12-24)39-29(44)27-14-23-18-43(27)30(45)26(15-28(36)37)38-32(47)40-34(2,3)13-6-5-8-20-9-7-10-21-17-42(19-25(20)21)33(48)51-23/h4,7,9-10,22-24,26-28H,1,5-6,8,11-19H2,2-3H3,(H,39,44)(H,41,46)(H2,38,40,47)/t22-,23-,26+,27+,35+/m1/s1. The Morgan fingerprint density at radius 3 is 2.54 bits per heavy atom. The van der Waals surface area contributed by atoms with Gasteiger partial charge in [0, 0.05) is 37.4 Å². The Kier molecular flexibility index (Phi) is 10.3. The molecule has 6 amide bonds. The maximum absolute atomic E-state index is 14.1. The van der Waals surface area contributed by atoms with Gasteiger partial charge in [-0.1, -0.05) is 30.7 Å². The van der Waals surface area contributed by atoms with E-state index in [-0.39, 0.29) is 19.4 Å². The number of sulfonamides is 1. The lowest BCUT2D eigenvalue weighted by Crippen LogP contribution is -2.59. The largest absolute Gasteiger partial charge is 0.444 e. The number of amides is 6. The zero-order valence-corrected chi connectivity index (χ0v) is 30.1. The molecule has 284 valence electrons. The van der Waals surface area contributed by atoms with E-state index < -0.39 is 93.1 Å². The molecule has 14 nitrogen and oxygen atoms in total. The van der Waals surface area contributed by atoms with E-state index in [1.807, 2.05) is 18.2 Å². The van der Waals surface area contributed by atoms with E-state index in [4.69, 9.17) is 4.74 Å². The van der Waals surface area contributed by atoms with Crippen molar-refractivity contribution in [2.45, 2.75) is 126 Å². The first-order chi connectivity index (χ1) is 24.5. The van der Waals surface area contributed by atoms with Crippen LogP contribution in [0.3, 0.4) is 0 Å². The van der Waals surface area contributed by atoms with Crippen LogP contribution in [0.25, 0.3) is 0 Å². The van der Waals surface area contributed by atoms with Gasteiger partial charge in [-0.05, 0) is 69.1 Å². The molecule has 0 radical (unpaired) electrons. The first kappa shape index (κ1) is 37.5. The maximum Gasteiger partial charge on any atom is 0.410 e. The van der Waals surface area contributed by atoms with Gasteiger partial charge < -0.3 is 25.6 Å². The second kappa shape index (κ2) is 14.3. The van der Waals surface area contributed by atoms with Gasteiger partial charge in [0.25, 0.3) is 5.91 Å². The highest BCUT2D eigenvalue weighted by Crippen LogP contribution is 2.45. The lowest BCUT2D eigenvalue weighted by molar-refractivity contribution is -0.141. The monoisotopic (exact) mass is 748 g/mol.